The van der Waals surface area contributed by atoms with Crippen LogP contribution in [0.25, 0.3) is 0 Å². The number of alkyl halides is 3. The third kappa shape index (κ3) is 4.39. The van der Waals surface area contributed by atoms with Crippen molar-refractivity contribution < 1.29 is 23.1 Å². The van der Waals surface area contributed by atoms with Gasteiger partial charge < -0.3 is 14.9 Å². The first kappa shape index (κ1) is 22.0. The van der Waals surface area contributed by atoms with Crippen LogP contribution in [0.15, 0.2) is 23.7 Å². The molecule has 1 atom stereocenters. The third-order valence-electron chi connectivity index (χ3n) is 4.90. The van der Waals surface area contributed by atoms with E-state index < -0.39 is 29.1 Å². The van der Waals surface area contributed by atoms with Crippen molar-refractivity contribution in [1.82, 2.24) is 14.9 Å². The van der Waals surface area contributed by atoms with Crippen LogP contribution in [-0.2, 0) is 10.4 Å². The second-order valence-corrected chi connectivity index (χ2v) is 7.89. The summed E-state index contributed by atoms with van der Waals surface area (Å²) in [6.07, 6.45) is -4.12. The molecule has 1 amide bonds. The van der Waals surface area contributed by atoms with Gasteiger partial charge in [0, 0.05) is 43.4 Å². The zero-order valence-electron chi connectivity index (χ0n) is 16.2. The van der Waals surface area contributed by atoms with Crippen molar-refractivity contribution in [3.05, 3.63) is 40.0 Å². The van der Waals surface area contributed by atoms with E-state index in [1.54, 1.807) is 18.3 Å². The van der Waals surface area contributed by atoms with Gasteiger partial charge in [-0.1, -0.05) is 0 Å². The largest absolute Gasteiger partial charge is 0.424 e. The molecule has 1 aliphatic rings. The highest BCUT2D eigenvalue weighted by molar-refractivity contribution is 7.09. The third-order valence-corrected chi connectivity index (χ3v) is 6.02. The Balaban J connectivity index is 1.75. The van der Waals surface area contributed by atoms with E-state index in [0.29, 0.717) is 47.9 Å². The average molecular weight is 439 g/mol. The van der Waals surface area contributed by atoms with Gasteiger partial charge in [0.2, 0.25) is 11.5 Å². The van der Waals surface area contributed by atoms with Crippen LogP contribution >= 0.6 is 11.3 Å². The summed E-state index contributed by atoms with van der Waals surface area (Å²) in [6, 6.07) is 5.35. The summed E-state index contributed by atoms with van der Waals surface area (Å²) in [6.45, 7) is 2.75. The molecule has 0 saturated carbocycles. The molecule has 3 rings (SSSR count). The highest BCUT2D eigenvalue weighted by Crippen LogP contribution is 2.43. The zero-order valence-corrected chi connectivity index (χ0v) is 17.0. The van der Waals surface area contributed by atoms with Crippen molar-refractivity contribution in [3.8, 4) is 6.07 Å². The summed E-state index contributed by atoms with van der Waals surface area (Å²) < 4.78 is 41.0. The first-order valence-corrected chi connectivity index (χ1v) is 10.1. The van der Waals surface area contributed by atoms with Gasteiger partial charge in [0.15, 0.2) is 0 Å². The second kappa shape index (κ2) is 8.57. The predicted octanol–water partition coefficient (Wildman–Crippen LogP) is 2.60. The van der Waals surface area contributed by atoms with E-state index in [4.69, 9.17) is 0 Å². The molecule has 2 aromatic rings. The number of halogens is 3. The summed E-state index contributed by atoms with van der Waals surface area (Å²) in [5, 5.41) is 20.5. The fraction of sp³-hybridized carbons (Fsp3) is 0.474. The Labute approximate surface area is 175 Å². The summed E-state index contributed by atoms with van der Waals surface area (Å²) in [7, 11) is 0. The highest BCUT2D eigenvalue weighted by Gasteiger charge is 2.58. The van der Waals surface area contributed by atoms with E-state index in [-0.39, 0.29) is 13.1 Å². The smallest absolute Gasteiger partial charge is 0.374 e. The van der Waals surface area contributed by atoms with E-state index in [2.05, 4.69) is 16.0 Å². The molecule has 30 heavy (non-hydrogen) atoms. The molecule has 0 radical (unpaired) electrons. The molecular formula is C19H20F3N5O2S. The number of nitrogens with zero attached hydrogens (tertiary/aromatic N) is 5. The number of rotatable bonds is 4. The summed E-state index contributed by atoms with van der Waals surface area (Å²) in [4.78, 5) is 23.9. The highest BCUT2D eigenvalue weighted by atomic mass is 32.1. The number of anilines is 1. The molecule has 1 saturated heterocycles. The van der Waals surface area contributed by atoms with Gasteiger partial charge in [-0.2, -0.15) is 18.4 Å². The van der Waals surface area contributed by atoms with Gasteiger partial charge in [0.1, 0.15) is 16.9 Å². The minimum Gasteiger partial charge on any atom is -0.374 e. The van der Waals surface area contributed by atoms with Gasteiger partial charge in [-0.25, -0.2) is 9.97 Å². The number of carbonyl (C=O) groups excluding carboxylic acids is 1. The molecule has 0 spiro atoms. The monoisotopic (exact) mass is 439 g/mol. The van der Waals surface area contributed by atoms with Crippen molar-refractivity contribution in [2.45, 2.75) is 31.5 Å². The minimum atomic E-state index is -5.04. The van der Waals surface area contributed by atoms with Gasteiger partial charge in [-0.3, -0.25) is 4.79 Å². The standard InChI is InChI=1S/C19H20F3N5O2S/c1-13-12-30-17(25-13)18(29,19(20,21)22)10-15(28)26-6-3-7-27(9-8-26)16-14(11-23)4-2-5-24-16/h2,4-5,12,29H,3,6-10H2,1H3. The maximum atomic E-state index is 13.7. The van der Waals surface area contributed by atoms with Crippen LogP contribution in [0.3, 0.4) is 0 Å². The van der Waals surface area contributed by atoms with Gasteiger partial charge in [0.05, 0.1) is 12.0 Å². The van der Waals surface area contributed by atoms with Crippen LogP contribution in [0.1, 0.15) is 29.1 Å². The second-order valence-electron chi connectivity index (χ2n) is 7.04. The van der Waals surface area contributed by atoms with Gasteiger partial charge >= 0.3 is 6.18 Å². The molecule has 11 heteroatoms. The fourth-order valence-corrected chi connectivity index (χ4v) is 4.20. The van der Waals surface area contributed by atoms with Gasteiger partial charge in [-0.05, 0) is 25.5 Å². The summed E-state index contributed by atoms with van der Waals surface area (Å²) >= 11 is 0.679. The SMILES string of the molecule is Cc1csc(C(O)(CC(=O)N2CCCN(c3ncccc3C#N)CC2)C(F)(F)F)n1. The van der Waals surface area contributed by atoms with E-state index in [0.717, 1.165) is 0 Å². The number of carbonyl (C=O) groups is 1. The van der Waals surface area contributed by atoms with E-state index >= 15 is 0 Å². The molecule has 1 unspecified atom stereocenters. The Hall–Kier alpha value is -2.71. The van der Waals surface area contributed by atoms with Crippen LogP contribution in [0.4, 0.5) is 19.0 Å². The quantitative estimate of drug-likeness (QED) is 0.787. The molecule has 3 heterocycles. The van der Waals surface area contributed by atoms with Crippen molar-refractivity contribution in [1.29, 1.82) is 5.26 Å². The van der Waals surface area contributed by atoms with Crippen LogP contribution in [-0.4, -0.2) is 58.2 Å². The molecule has 1 fully saturated rings. The lowest BCUT2D eigenvalue weighted by Gasteiger charge is -2.30. The lowest BCUT2D eigenvalue weighted by atomic mass is 9.98. The number of hydrogen-bond acceptors (Lipinski definition) is 7. The van der Waals surface area contributed by atoms with Gasteiger partial charge in [-0.15, -0.1) is 11.3 Å². The first-order chi connectivity index (χ1) is 14.2. The van der Waals surface area contributed by atoms with E-state index in [9.17, 15) is 28.3 Å². The lowest BCUT2D eigenvalue weighted by molar-refractivity contribution is -0.268. The Morgan fingerprint density at radius 1 is 1.33 bits per heavy atom. The molecule has 0 bridgehead atoms. The van der Waals surface area contributed by atoms with Crippen LogP contribution < -0.4 is 4.90 Å². The normalized spacial score (nSPS) is 17.2. The molecule has 0 aliphatic carbocycles. The van der Waals surface area contributed by atoms with Crippen molar-refractivity contribution in [3.63, 3.8) is 0 Å². The maximum absolute atomic E-state index is 13.7. The molecule has 1 aliphatic heterocycles. The number of thiazole rings is 1. The Kier molecular flexibility index (Phi) is 6.28. The molecular weight excluding hydrogens is 419 g/mol. The molecule has 160 valence electrons. The van der Waals surface area contributed by atoms with Crippen molar-refractivity contribution >= 4 is 23.1 Å². The number of aromatic nitrogens is 2. The predicted molar refractivity (Wildman–Crippen MR) is 104 cm³/mol. The lowest BCUT2D eigenvalue weighted by Crippen LogP contribution is -2.47. The fourth-order valence-electron chi connectivity index (χ4n) is 3.29. The Morgan fingerprint density at radius 2 is 2.10 bits per heavy atom. The zero-order chi connectivity index (χ0) is 21.9. The van der Waals surface area contributed by atoms with Crippen LogP contribution in [0, 0.1) is 18.3 Å². The summed E-state index contributed by atoms with van der Waals surface area (Å²) in [5.41, 5.74) is -2.59. The molecule has 2 aromatic heterocycles. The molecule has 7 nitrogen and oxygen atoms in total. The average Bonchev–Trinajstić information content (AvgIpc) is 2.99. The number of pyridine rings is 1. The Morgan fingerprint density at radius 3 is 2.73 bits per heavy atom. The topological polar surface area (TPSA) is 93.4 Å². The van der Waals surface area contributed by atoms with Crippen molar-refractivity contribution in [2.75, 3.05) is 31.1 Å². The van der Waals surface area contributed by atoms with Crippen LogP contribution in [0.5, 0.6) is 0 Å². The maximum Gasteiger partial charge on any atom is 0.424 e. The summed E-state index contributed by atoms with van der Waals surface area (Å²) in [5.74, 6) is -0.314. The first-order valence-electron chi connectivity index (χ1n) is 9.25. The van der Waals surface area contributed by atoms with Crippen molar-refractivity contribution in [2.24, 2.45) is 0 Å². The van der Waals surface area contributed by atoms with Gasteiger partial charge in [0.25, 0.3) is 0 Å². The number of hydrogen-bond donors (Lipinski definition) is 1. The number of amides is 1. The minimum absolute atomic E-state index is 0.158. The van der Waals surface area contributed by atoms with E-state index in [1.165, 1.54) is 17.2 Å². The number of nitriles is 1. The number of aliphatic hydroxyl groups is 1. The number of aryl methyl sites for hydroxylation is 1. The van der Waals surface area contributed by atoms with Crippen LogP contribution in [0.2, 0.25) is 0 Å². The molecule has 0 aromatic carbocycles. The Bertz CT molecular complexity index is 958. The van der Waals surface area contributed by atoms with E-state index in [1.807, 2.05) is 4.90 Å². The molecule has 1 N–H and O–H groups in total.